The van der Waals surface area contributed by atoms with Gasteiger partial charge in [0, 0.05) is 17.4 Å². The molecule has 1 aromatic heterocycles. The van der Waals surface area contributed by atoms with Crippen molar-refractivity contribution in [1.29, 1.82) is 0 Å². The van der Waals surface area contributed by atoms with Crippen LogP contribution in [0.15, 0.2) is 49.0 Å². The highest BCUT2D eigenvalue weighted by Crippen LogP contribution is 2.34. The number of nitrogens with zero attached hydrogens (tertiary/aromatic N) is 1. The zero-order valence-electron chi connectivity index (χ0n) is 12.0. The third kappa shape index (κ3) is 1.84. The molecule has 20 heavy (non-hydrogen) atoms. The molecular weight excluding hydrogens is 246 g/mol. The minimum absolute atomic E-state index is 0.00324. The second-order valence-corrected chi connectivity index (χ2v) is 4.89. The molecule has 0 aliphatic carbocycles. The molecule has 2 aromatic carbocycles. The number of benzene rings is 2. The molecule has 0 aliphatic rings. The summed E-state index contributed by atoms with van der Waals surface area (Å²) in [6.07, 6.45) is 1.92. The zero-order valence-corrected chi connectivity index (χ0v) is 12.0. The van der Waals surface area contributed by atoms with Gasteiger partial charge in [0.05, 0.1) is 11.0 Å². The van der Waals surface area contributed by atoms with Crippen molar-refractivity contribution in [3.8, 4) is 0 Å². The molecule has 0 amide bonds. The van der Waals surface area contributed by atoms with E-state index in [1.807, 2.05) is 13.0 Å². The molecule has 0 spiro atoms. The highest BCUT2D eigenvalue weighted by atomic mass is 16.5. The highest BCUT2D eigenvalue weighted by molar-refractivity contribution is 6.10. The van der Waals surface area contributed by atoms with Gasteiger partial charge >= 0.3 is 0 Å². The zero-order chi connectivity index (χ0) is 14.1. The van der Waals surface area contributed by atoms with Crippen molar-refractivity contribution in [2.45, 2.75) is 20.1 Å². The summed E-state index contributed by atoms with van der Waals surface area (Å²) in [7, 11) is 0. The van der Waals surface area contributed by atoms with E-state index in [-0.39, 0.29) is 6.23 Å². The Bertz CT molecular complexity index is 770. The summed E-state index contributed by atoms with van der Waals surface area (Å²) < 4.78 is 8.10. The summed E-state index contributed by atoms with van der Waals surface area (Å²) >= 11 is 0. The fourth-order valence-electron chi connectivity index (χ4n) is 2.94. The van der Waals surface area contributed by atoms with E-state index in [9.17, 15) is 0 Å². The number of ether oxygens (including phenoxy) is 1. The first-order chi connectivity index (χ1) is 9.77. The number of rotatable bonds is 4. The first-order valence-electron chi connectivity index (χ1n) is 7.03. The van der Waals surface area contributed by atoms with E-state index in [2.05, 4.69) is 60.5 Å². The molecule has 0 radical (unpaired) electrons. The van der Waals surface area contributed by atoms with Gasteiger partial charge in [-0.15, -0.1) is 0 Å². The number of aromatic nitrogens is 1. The van der Waals surface area contributed by atoms with Crippen LogP contribution in [0.25, 0.3) is 27.9 Å². The van der Waals surface area contributed by atoms with Crippen molar-refractivity contribution in [3.63, 3.8) is 0 Å². The maximum Gasteiger partial charge on any atom is 0.131 e. The van der Waals surface area contributed by atoms with Crippen molar-refractivity contribution in [3.05, 3.63) is 54.6 Å². The summed E-state index contributed by atoms with van der Waals surface area (Å²) in [4.78, 5) is 0. The van der Waals surface area contributed by atoms with Crippen LogP contribution in [0.5, 0.6) is 0 Å². The van der Waals surface area contributed by atoms with Crippen molar-refractivity contribution in [2.24, 2.45) is 0 Å². The molecule has 0 saturated heterocycles. The van der Waals surface area contributed by atoms with E-state index >= 15 is 0 Å². The van der Waals surface area contributed by atoms with Crippen LogP contribution in [-0.4, -0.2) is 11.2 Å². The van der Waals surface area contributed by atoms with Crippen LogP contribution in [0.3, 0.4) is 0 Å². The Hall–Kier alpha value is -2.06. The number of para-hydroxylation sites is 2. The first kappa shape index (κ1) is 12.9. The van der Waals surface area contributed by atoms with E-state index in [0.29, 0.717) is 6.61 Å². The molecule has 0 aliphatic heterocycles. The Morgan fingerprint density at radius 3 is 2.65 bits per heavy atom. The molecule has 0 bridgehead atoms. The van der Waals surface area contributed by atoms with Gasteiger partial charge in [-0.05, 0) is 25.5 Å². The van der Waals surface area contributed by atoms with Crippen molar-refractivity contribution < 1.29 is 4.74 Å². The molecule has 1 atom stereocenters. The average molecular weight is 265 g/mol. The minimum Gasteiger partial charge on any atom is -0.359 e. The highest BCUT2D eigenvalue weighted by Gasteiger charge is 2.16. The van der Waals surface area contributed by atoms with Gasteiger partial charge < -0.3 is 9.30 Å². The average Bonchev–Trinajstić information content (AvgIpc) is 2.82. The second-order valence-electron chi connectivity index (χ2n) is 4.89. The Morgan fingerprint density at radius 2 is 1.90 bits per heavy atom. The summed E-state index contributed by atoms with van der Waals surface area (Å²) in [5.41, 5.74) is 3.55. The van der Waals surface area contributed by atoms with Crippen LogP contribution in [0.1, 0.15) is 25.6 Å². The summed E-state index contributed by atoms with van der Waals surface area (Å²) in [6, 6.07) is 14.8. The van der Waals surface area contributed by atoms with Crippen LogP contribution in [0.4, 0.5) is 0 Å². The standard InChI is InChI=1S/C18H19NO/c1-4-14-9-8-11-16-15-10-6-7-12-17(15)19(18(14)16)13(3)20-5-2/h4,6-13H,1,5H2,2-3H3. The van der Waals surface area contributed by atoms with E-state index in [4.69, 9.17) is 4.74 Å². The lowest BCUT2D eigenvalue weighted by Crippen LogP contribution is -2.09. The fourth-order valence-corrected chi connectivity index (χ4v) is 2.94. The van der Waals surface area contributed by atoms with Crippen molar-refractivity contribution in [1.82, 2.24) is 4.57 Å². The lowest BCUT2D eigenvalue weighted by molar-refractivity contribution is 0.0308. The molecule has 0 N–H and O–H groups in total. The third-order valence-electron chi connectivity index (χ3n) is 3.75. The Labute approximate surface area is 119 Å². The minimum atomic E-state index is 0.00324. The number of fused-ring (bicyclic) bond motifs is 3. The molecule has 0 saturated carbocycles. The molecule has 0 fully saturated rings. The predicted octanol–water partition coefficient (Wildman–Crippen LogP) is 4.99. The number of hydrogen-bond acceptors (Lipinski definition) is 1. The maximum atomic E-state index is 5.83. The monoisotopic (exact) mass is 265 g/mol. The van der Waals surface area contributed by atoms with Crippen LogP contribution < -0.4 is 0 Å². The van der Waals surface area contributed by atoms with Gasteiger partial charge in [-0.1, -0.05) is 49.1 Å². The normalized spacial score (nSPS) is 12.9. The fraction of sp³-hybridized carbons (Fsp3) is 0.222. The topological polar surface area (TPSA) is 14.2 Å². The SMILES string of the molecule is C=Cc1cccc2c3ccccc3n(C(C)OCC)c12. The summed E-state index contributed by atoms with van der Waals surface area (Å²) in [6.45, 7) is 8.76. The maximum absolute atomic E-state index is 5.83. The van der Waals surface area contributed by atoms with Crippen molar-refractivity contribution in [2.75, 3.05) is 6.61 Å². The van der Waals surface area contributed by atoms with Gasteiger partial charge in [0.2, 0.25) is 0 Å². The predicted molar refractivity (Wildman–Crippen MR) is 85.9 cm³/mol. The van der Waals surface area contributed by atoms with Crippen LogP contribution >= 0.6 is 0 Å². The first-order valence-corrected chi connectivity index (χ1v) is 7.03. The van der Waals surface area contributed by atoms with E-state index < -0.39 is 0 Å². The molecule has 3 aromatic rings. The van der Waals surface area contributed by atoms with Gasteiger partial charge in [-0.3, -0.25) is 0 Å². The molecular formula is C18H19NO. The number of hydrogen-bond donors (Lipinski definition) is 0. The van der Waals surface area contributed by atoms with Crippen molar-refractivity contribution >= 4 is 27.9 Å². The van der Waals surface area contributed by atoms with Crippen LogP contribution in [0, 0.1) is 0 Å². The third-order valence-corrected chi connectivity index (χ3v) is 3.75. The van der Waals surface area contributed by atoms with Gasteiger partial charge in [-0.25, -0.2) is 0 Å². The molecule has 1 unspecified atom stereocenters. The smallest absolute Gasteiger partial charge is 0.131 e. The van der Waals surface area contributed by atoms with Gasteiger partial charge in [0.25, 0.3) is 0 Å². The Morgan fingerprint density at radius 1 is 1.15 bits per heavy atom. The van der Waals surface area contributed by atoms with Gasteiger partial charge in [0.1, 0.15) is 6.23 Å². The van der Waals surface area contributed by atoms with E-state index in [1.165, 1.54) is 21.8 Å². The van der Waals surface area contributed by atoms with Crippen LogP contribution in [-0.2, 0) is 4.74 Å². The van der Waals surface area contributed by atoms with E-state index in [1.54, 1.807) is 0 Å². The molecule has 3 rings (SSSR count). The van der Waals surface area contributed by atoms with Gasteiger partial charge in [0.15, 0.2) is 0 Å². The lowest BCUT2D eigenvalue weighted by Gasteiger charge is -2.17. The van der Waals surface area contributed by atoms with E-state index in [0.717, 1.165) is 5.56 Å². The summed E-state index contributed by atoms with van der Waals surface area (Å²) in [5, 5.41) is 2.52. The molecule has 102 valence electrons. The largest absolute Gasteiger partial charge is 0.359 e. The quantitative estimate of drug-likeness (QED) is 0.648. The molecule has 2 heteroatoms. The van der Waals surface area contributed by atoms with Crippen LogP contribution in [0.2, 0.25) is 0 Å². The molecule has 2 nitrogen and oxygen atoms in total. The lowest BCUT2D eigenvalue weighted by atomic mass is 10.1. The summed E-state index contributed by atoms with van der Waals surface area (Å²) in [5.74, 6) is 0. The van der Waals surface area contributed by atoms with Gasteiger partial charge in [-0.2, -0.15) is 0 Å². The second kappa shape index (κ2) is 5.14. The Kier molecular flexibility index (Phi) is 3.33. The Balaban J connectivity index is 2.46. The molecule has 1 heterocycles.